The lowest BCUT2D eigenvalue weighted by Gasteiger charge is -2.10. The van der Waals surface area contributed by atoms with Gasteiger partial charge in [0.25, 0.3) is 0 Å². The van der Waals surface area contributed by atoms with Crippen LogP contribution in [0.1, 0.15) is 16.7 Å². The number of aryl methyl sites for hydroxylation is 3. The number of hydrogen-bond acceptors (Lipinski definition) is 0. The third-order valence-electron chi connectivity index (χ3n) is 3.75. The minimum atomic E-state index is 1.29. The molecule has 0 aliphatic heterocycles. The molecule has 0 bridgehead atoms. The number of hydrogen-bond donors (Lipinski definition) is 0. The highest BCUT2D eigenvalue weighted by atomic mass is 14.1. The first-order valence-electron chi connectivity index (χ1n) is 6.72. The van der Waals surface area contributed by atoms with E-state index in [0.29, 0.717) is 0 Å². The Hall–Kier alpha value is -2.08. The normalized spacial score (nSPS) is 10.9. The van der Waals surface area contributed by atoms with E-state index >= 15 is 0 Å². The minimum Gasteiger partial charge on any atom is -0.0587 e. The average Bonchev–Trinajstić information content (AvgIpc) is 2.41. The Morgan fingerprint density at radius 2 is 1.26 bits per heavy atom. The van der Waals surface area contributed by atoms with Crippen LogP contribution < -0.4 is 0 Å². The van der Waals surface area contributed by atoms with Gasteiger partial charge in [-0.05, 0) is 48.2 Å². The molecule has 94 valence electrons. The summed E-state index contributed by atoms with van der Waals surface area (Å²) in [6.45, 7) is 6.46. The largest absolute Gasteiger partial charge is 0.0587 e. The van der Waals surface area contributed by atoms with Crippen molar-refractivity contribution in [1.29, 1.82) is 0 Å². The summed E-state index contributed by atoms with van der Waals surface area (Å²) in [4.78, 5) is 0. The molecule has 0 saturated carbocycles. The molecule has 0 amide bonds. The SMILES string of the molecule is Cc1ccc(-c2ccc(C)c3cc(C)ccc23)cc1. The monoisotopic (exact) mass is 246 g/mol. The van der Waals surface area contributed by atoms with Crippen molar-refractivity contribution in [3.8, 4) is 11.1 Å². The molecule has 0 aliphatic carbocycles. The van der Waals surface area contributed by atoms with Gasteiger partial charge in [-0.25, -0.2) is 0 Å². The fourth-order valence-electron chi connectivity index (χ4n) is 2.59. The summed E-state index contributed by atoms with van der Waals surface area (Å²) in [5, 5.41) is 2.70. The van der Waals surface area contributed by atoms with Crippen LogP contribution in [0.15, 0.2) is 54.6 Å². The van der Waals surface area contributed by atoms with E-state index < -0.39 is 0 Å². The second kappa shape index (κ2) is 4.55. The van der Waals surface area contributed by atoms with Crippen molar-refractivity contribution in [2.75, 3.05) is 0 Å². The van der Waals surface area contributed by atoms with Crippen LogP contribution in [0.5, 0.6) is 0 Å². The first-order chi connectivity index (χ1) is 9.15. The van der Waals surface area contributed by atoms with Crippen molar-refractivity contribution >= 4 is 10.8 Å². The first-order valence-corrected chi connectivity index (χ1v) is 6.72. The maximum Gasteiger partial charge on any atom is -0.0103 e. The van der Waals surface area contributed by atoms with Crippen molar-refractivity contribution in [2.24, 2.45) is 0 Å². The molecule has 3 aromatic carbocycles. The van der Waals surface area contributed by atoms with Gasteiger partial charge in [-0.1, -0.05) is 65.7 Å². The molecule has 0 heteroatoms. The van der Waals surface area contributed by atoms with Gasteiger partial charge in [-0.15, -0.1) is 0 Å². The van der Waals surface area contributed by atoms with Crippen LogP contribution in [-0.2, 0) is 0 Å². The smallest absolute Gasteiger partial charge is 0.0103 e. The Bertz CT molecular complexity index is 734. The lowest BCUT2D eigenvalue weighted by molar-refractivity contribution is 1.45. The minimum absolute atomic E-state index is 1.29. The second-order valence-corrected chi connectivity index (χ2v) is 5.35. The average molecular weight is 246 g/mol. The summed E-state index contributed by atoms with van der Waals surface area (Å²) in [6, 6.07) is 19.9. The van der Waals surface area contributed by atoms with Crippen LogP contribution in [0.2, 0.25) is 0 Å². The topological polar surface area (TPSA) is 0 Å². The highest BCUT2D eigenvalue weighted by Gasteiger charge is 2.05. The third-order valence-corrected chi connectivity index (χ3v) is 3.75. The zero-order chi connectivity index (χ0) is 13.4. The highest BCUT2D eigenvalue weighted by molar-refractivity contribution is 5.98. The van der Waals surface area contributed by atoms with Crippen LogP contribution in [0.4, 0.5) is 0 Å². The van der Waals surface area contributed by atoms with Crippen molar-refractivity contribution in [3.63, 3.8) is 0 Å². The molecule has 0 heterocycles. The summed E-state index contributed by atoms with van der Waals surface area (Å²) in [7, 11) is 0. The summed E-state index contributed by atoms with van der Waals surface area (Å²) < 4.78 is 0. The van der Waals surface area contributed by atoms with Crippen molar-refractivity contribution < 1.29 is 0 Å². The molecule has 0 unspecified atom stereocenters. The van der Waals surface area contributed by atoms with Crippen molar-refractivity contribution in [1.82, 2.24) is 0 Å². The molecular weight excluding hydrogens is 228 g/mol. The molecule has 0 nitrogen and oxygen atoms in total. The maximum atomic E-state index is 2.28. The molecule has 19 heavy (non-hydrogen) atoms. The zero-order valence-electron chi connectivity index (χ0n) is 11.7. The fraction of sp³-hybridized carbons (Fsp3) is 0.158. The lowest BCUT2D eigenvalue weighted by Crippen LogP contribution is -1.86. The molecular formula is C19H18. The van der Waals surface area contributed by atoms with Crippen LogP contribution in [0, 0.1) is 20.8 Å². The van der Waals surface area contributed by atoms with Gasteiger partial charge >= 0.3 is 0 Å². The summed E-state index contributed by atoms with van der Waals surface area (Å²) in [6.07, 6.45) is 0. The van der Waals surface area contributed by atoms with E-state index in [1.165, 1.54) is 38.6 Å². The van der Waals surface area contributed by atoms with Crippen LogP contribution in [0.25, 0.3) is 21.9 Å². The predicted molar refractivity (Wildman–Crippen MR) is 83.6 cm³/mol. The van der Waals surface area contributed by atoms with E-state index in [0.717, 1.165) is 0 Å². The van der Waals surface area contributed by atoms with Crippen molar-refractivity contribution in [3.05, 3.63) is 71.3 Å². The lowest BCUT2D eigenvalue weighted by atomic mass is 9.94. The Kier molecular flexibility index (Phi) is 2.87. The molecule has 0 radical (unpaired) electrons. The van der Waals surface area contributed by atoms with Crippen molar-refractivity contribution in [2.45, 2.75) is 20.8 Å². The Balaban J connectivity index is 2.30. The van der Waals surface area contributed by atoms with Gasteiger partial charge in [0.2, 0.25) is 0 Å². The summed E-state index contributed by atoms with van der Waals surface area (Å²) in [5.74, 6) is 0. The van der Waals surface area contributed by atoms with E-state index in [2.05, 4.69) is 75.4 Å². The van der Waals surface area contributed by atoms with E-state index in [-0.39, 0.29) is 0 Å². The van der Waals surface area contributed by atoms with Gasteiger partial charge in [0.1, 0.15) is 0 Å². The first kappa shape index (κ1) is 12.0. The molecule has 0 spiro atoms. The molecule has 0 aliphatic rings. The van der Waals surface area contributed by atoms with E-state index in [9.17, 15) is 0 Å². The zero-order valence-corrected chi connectivity index (χ0v) is 11.7. The Morgan fingerprint density at radius 3 is 2.00 bits per heavy atom. The molecule has 3 rings (SSSR count). The van der Waals surface area contributed by atoms with Gasteiger partial charge in [0, 0.05) is 0 Å². The molecule has 0 atom stereocenters. The van der Waals surface area contributed by atoms with Crippen LogP contribution >= 0.6 is 0 Å². The Morgan fingerprint density at radius 1 is 0.579 bits per heavy atom. The predicted octanol–water partition coefficient (Wildman–Crippen LogP) is 5.43. The molecule has 0 N–H and O–H groups in total. The van der Waals surface area contributed by atoms with Gasteiger partial charge in [0.15, 0.2) is 0 Å². The standard InChI is InChI=1S/C19H18/c1-13-4-8-16(9-5-13)17-11-7-15(3)19-12-14(2)6-10-18(17)19/h4-12H,1-3H3. The van der Waals surface area contributed by atoms with E-state index in [1.54, 1.807) is 0 Å². The Labute approximate surface area is 114 Å². The number of rotatable bonds is 1. The highest BCUT2D eigenvalue weighted by Crippen LogP contribution is 2.31. The fourth-order valence-corrected chi connectivity index (χ4v) is 2.59. The second-order valence-electron chi connectivity index (χ2n) is 5.35. The molecule has 0 aromatic heterocycles. The number of benzene rings is 3. The van der Waals surface area contributed by atoms with E-state index in [1.807, 2.05) is 0 Å². The maximum absolute atomic E-state index is 2.28. The molecule has 0 fully saturated rings. The van der Waals surface area contributed by atoms with Gasteiger partial charge < -0.3 is 0 Å². The van der Waals surface area contributed by atoms with Gasteiger partial charge in [-0.3, -0.25) is 0 Å². The van der Waals surface area contributed by atoms with Crippen LogP contribution in [-0.4, -0.2) is 0 Å². The van der Waals surface area contributed by atoms with Gasteiger partial charge in [0.05, 0.1) is 0 Å². The van der Waals surface area contributed by atoms with Crippen LogP contribution in [0.3, 0.4) is 0 Å². The third kappa shape index (κ3) is 2.15. The summed E-state index contributed by atoms with van der Waals surface area (Å²) in [5.41, 5.74) is 6.57. The van der Waals surface area contributed by atoms with Gasteiger partial charge in [-0.2, -0.15) is 0 Å². The number of fused-ring (bicyclic) bond motifs is 1. The quantitative estimate of drug-likeness (QED) is 0.537. The molecule has 3 aromatic rings. The van der Waals surface area contributed by atoms with E-state index in [4.69, 9.17) is 0 Å². The molecule has 0 saturated heterocycles. The summed E-state index contributed by atoms with van der Waals surface area (Å²) >= 11 is 0.